The molecule has 0 aliphatic heterocycles. The summed E-state index contributed by atoms with van der Waals surface area (Å²) in [5, 5.41) is 38.6. The highest BCUT2D eigenvalue weighted by molar-refractivity contribution is 5.97. The van der Waals surface area contributed by atoms with Crippen molar-refractivity contribution in [1.82, 2.24) is 0 Å². The quantitative estimate of drug-likeness (QED) is 0.332. The first-order valence-corrected chi connectivity index (χ1v) is 7.08. The number of benzene rings is 1. The van der Waals surface area contributed by atoms with E-state index in [9.17, 15) is 30.0 Å². The van der Waals surface area contributed by atoms with E-state index in [4.69, 9.17) is 0 Å². The van der Waals surface area contributed by atoms with Gasteiger partial charge >= 0.3 is 11.9 Å². The van der Waals surface area contributed by atoms with Gasteiger partial charge in [-0.1, -0.05) is 30.3 Å². The first-order valence-electron chi connectivity index (χ1n) is 7.08. The molecule has 1 fully saturated rings. The molecule has 0 amide bonds. The number of aliphatic hydroxyl groups excluding tert-OH is 3. The van der Waals surface area contributed by atoms with Crippen LogP contribution in [0.25, 0.3) is 6.08 Å². The molecule has 1 saturated carbocycles. The van der Waals surface area contributed by atoms with Gasteiger partial charge in [-0.05, 0) is 11.6 Å². The summed E-state index contributed by atoms with van der Waals surface area (Å²) in [6, 6.07) is 8.84. The van der Waals surface area contributed by atoms with E-state index < -0.39 is 48.7 Å². The van der Waals surface area contributed by atoms with Crippen molar-refractivity contribution in [2.75, 3.05) is 0 Å². The van der Waals surface area contributed by atoms with Crippen molar-refractivity contribution in [3.05, 3.63) is 42.0 Å². The van der Waals surface area contributed by atoms with Crippen molar-refractivity contribution < 1.29 is 34.8 Å². The Balaban J connectivity index is 1.98. The second-order valence-electron chi connectivity index (χ2n) is 5.52. The van der Waals surface area contributed by atoms with Crippen molar-refractivity contribution in [1.29, 1.82) is 0 Å². The monoisotopic (exact) mass is 322 g/mol. The maximum absolute atomic E-state index is 11.9. The summed E-state index contributed by atoms with van der Waals surface area (Å²) in [5.41, 5.74) is -1.50. The Bertz CT molecular complexity index is 584. The summed E-state index contributed by atoms with van der Waals surface area (Å²) in [4.78, 5) is 23.5. The molecule has 1 aliphatic carbocycles. The first kappa shape index (κ1) is 17.3. The predicted octanol–water partition coefficient (Wildman–Crippen LogP) is -0.623. The Labute approximate surface area is 132 Å². The van der Waals surface area contributed by atoms with Gasteiger partial charge in [-0.2, -0.15) is 0 Å². The summed E-state index contributed by atoms with van der Waals surface area (Å²) in [7, 11) is 0. The van der Waals surface area contributed by atoms with E-state index in [1.165, 1.54) is 6.08 Å². The smallest absolute Gasteiger partial charge is 0.346 e. The number of carbonyl (C=O) groups is 2. The topological polar surface area (TPSA) is 124 Å². The molecule has 0 heterocycles. The van der Waals surface area contributed by atoms with Crippen LogP contribution in [0.4, 0.5) is 0 Å². The molecule has 1 aromatic rings. The van der Waals surface area contributed by atoms with Crippen LogP contribution >= 0.6 is 0 Å². The Kier molecular flexibility index (Phi) is 5.27. The van der Waals surface area contributed by atoms with E-state index in [1.807, 2.05) is 6.07 Å². The Morgan fingerprint density at radius 1 is 1.09 bits per heavy atom. The summed E-state index contributed by atoms with van der Waals surface area (Å²) >= 11 is 0. The lowest BCUT2D eigenvalue weighted by molar-refractivity contribution is -0.193. The zero-order valence-electron chi connectivity index (χ0n) is 12.2. The van der Waals surface area contributed by atoms with Crippen LogP contribution < -0.4 is 0 Å². The third-order valence-electron chi connectivity index (χ3n) is 3.67. The number of hydrogen-bond donors (Lipinski definition) is 4. The molecular weight excluding hydrogens is 304 g/mol. The molecule has 0 aromatic heterocycles. The Morgan fingerprint density at radius 2 is 1.65 bits per heavy atom. The lowest BCUT2D eigenvalue weighted by atomic mass is 9.80. The molecule has 1 aromatic carbocycles. The molecule has 7 nitrogen and oxygen atoms in total. The van der Waals surface area contributed by atoms with Crippen LogP contribution in [0.2, 0.25) is 0 Å². The molecule has 0 bridgehead atoms. The molecule has 2 atom stereocenters. The molecule has 1 aliphatic rings. The molecule has 0 unspecified atom stereocenters. The highest BCUT2D eigenvalue weighted by atomic mass is 16.6. The third-order valence-corrected chi connectivity index (χ3v) is 3.67. The van der Waals surface area contributed by atoms with Crippen LogP contribution in [-0.4, -0.2) is 56.3 Å². The van der Waals surface area contributed by atoms with Gasteiger partial charge in [-0.25, -0.2) is 9.59 Å². The predicted molar refractivity (Wildman–Crippen MR) is 78.8 cm³/mol. The number of carbonyl (C=O) groups excluding carboxylic acids is 2. The van der Waals surface area contributed by atoms with Crippen molar-refractivity contribution in [2.45, 2.75) is 36.8 Å². The lowest BCUT2D eigenvalue weighted by Gasteiger charge is -2.38. The summed E-state index contributed by atoms with van der Waals surface area (Å²) in [5.74, 6) is -2.26. The van der Waals surface area contributed by atoms with Crippen molar-refractivity contribution in [3.63, 3.8) is 0 Å². The standard InChI is InChI=1S/C16H18O7/c17-11-8-16(22,9-12(18)14(11)20)15(21)23-13(19)7-6-10-4-2-1-3-5-10/h1-7,11-12,14,17-18,20,22H,8-9H2/t11-,12-,14?,16?/m1/s1. The number of esters is 2. The van der Waals surface area contributed by atoms with Gasteiger partial charge in [-0.15, -0.1) is 0 Å². The maximum atomic E-state index is 11.9. The van der Waals surface area contributed by atoms with E-state index in [1.54, 1.807) is 24.3 Å². The molecule has 0 spiro atoms. The van der Waals surface area contributed by atoms with Crippen LogP contribution in [0.3, 0.4) is 0 Å². The van der Waals surface area contributed by atoms with Crippen LogP contribution in [0.15, 0.2) is 36.4 Å². The Morgan fingerprint density at radius 3 is 2.22 bits per heavy atom. The highest BCUT2D eigenvalue weighted by Gasteiger charge is 2.49. The van der Waals surface area contributed by atoms with Crippen molar-refractivity contribution >= 4 is 18.0 Å². The van der Waals surface area contributed by atoms with Crippen molar-refractivity contribution in [3.8, 4) is 0 Å². The second kappa shape index (κ2) is 7.01. The zero-order valence-corrected chi connectivity index (χ0v) is 12.2. The van der Waals surface area contributed by atoms with Gasteiger partial charge in [0.1, 0.15) is 6.10 Å². The lowest BCUT2D eigenvalue weighted by Crippen LogP contribution is -2.56. The normalized spacial score (nSPS) is 31.0. The third kappa shape index (κ3) is 4.23. The molecular formula is C16H18O7. The average molecular weight is 322 g/mol. The van der Waals surface area contributed by atoms with E-state index in [0.29, 0.717) is 0 Å². The molecule has 0 saturated heterocycles. The number of rotatable bonds is 3. The van der Waals surface area contributed by atoms with E-state index >= 15 is 0 Å². The fourth-order valence-corrected chi connectivity index (χ4v) is 2.39. The van der Waals surface area contributed by atoms with E-state index in [-0.39, 0.29) is 0 Å². The van der Waals surface area contributed by atoms with Gasteiger partial charge in [0.25, 0.3) is 0 Å². The molecule has 2 rings (SSSR count). The Hall–Kier alpha value is -2.06. The largest absolute Gasteiger partial charge is 0.390 e. The molecule has 23 heavy (non-hydrogen) atoms. The fourth-order valence-electron chi connectivity index (χ4n) is 2.39. The maximum Gasteiger partial charge on any atom is 0.346 e. The van der Waals surface area contributed by atoms with Crippen LogP contribution in [-0.2, 0) is 14.3 Å². The molecule has 4 N–H and O–H groups in total. The van der Waals surface area contributed by atoms with E-state index in [0.717, 1.165) is 11.6 Å². The molecule has 7 heteroatoms. The number of ether oxygens (including phenoxy) is 1. The average Bonchev–Trinajstić information content (AvgIpc) is 2.51. The minimum atomic E-state index is -2.23. The van der Waals surface area contributed by atoms with Crippen molar-refractivity contribution in [2.24, 2.45) is 0 Å². The van der Waals surface area contributed by atoms with Crippen LogP contribution in [0.1, 0.15) is 18.4 Å². The van der Waals surface area contributed by atoms with E-state index in [2.05, 4.69) is 4.74 Å². The number of hydrogen-bond acceptors (Lipinski definition) is 7. The summed E-state index contributed by atoms with van der Waals surface area (Å²) < 4.78 is 4.53. The number of aliphatic hydroxyl groups is 4. The molecule has 0 radical (unpaired) electrons. The first-order chi connectivity index (χ1) is 10.8. The summed E-state index contributed by atoms with van der Waals surface area (Å²) in [6.45, 7) is 0. The van der Waals surface area contributed by atoms with Gasteiger partial charge in [0.2, 0.25) is 0 Å². The van der Waals surface area contributed by atoms with Gasteiger partial charge in [0, 0.05) is 18.9 Å². The van der Waals surface area contributed by atoms with Gasteiger partial charge in [0.05, 0.1) is 12.2 Å². The fraction of sp³-hybridized carbons (Fsp3) is 0.375. The van der Waals surface area contributed by atoms with Gasteiger partial charge in [0.15, 0.2) is 5.60 Å². The minimum absolute atomic E-state index is 0.528. The van der Waals surface area contributed by atoms with Gasteiger partial charge in [-0.3, -0.25) is 0 Å². The van der Waals surface area contributed by atoms with Gasteiger partial charge < -0.3 is 25.2 Å². The zero-order chi connectivity index (χ0) is 17.0. The SMILES string of the molecule is O=C(C=Cc1ccccc1)OC(=O)C1(O)C[C@@H](O)C(O)[C@H](O)C1. The summed E-state index contributed by atoms with van der Waals surface area (Å²) in [6.07, 6.45) is -3.04. The second-order valence-corrected chi connectivity index (χ2v) is 5.52. The van der Waals surface area contributed by atoms with Crippen LogP contribution in [0.5, 0.6) is 0 Å². The minimum Gasteiger partial charge on any atom is -0.390 e. The molecule has 124 valence electrons. The highest BCUT2D eigenvalue weighted by Crippen LogP contribution is 2.30. The van der Waals surface area contributed by atoms with Crippen LogP contribution in [0, 0.1) is 0 Å².